The second-order valence-corrected chi connectivity index (χ2v) is 38.6. The van der Waals surface area contributed by atoms with Crippen LogP contribution in [0.1, 0.15) is 39.5 Å². The monoisotopic (exact) mass is 790 g/mol. The molecule has 0 amide bonds. The van der Waals surface area contributed by atoms with E-state index in [1.165, 1.54) is 0 Å². The summed E-state index contributed by atoms with van der Waals surface area (Å²) in [5.41, 5.74) is 5.61. The number of carbonyl (C=O) groups is 2. The number of ether oxygens (including phenoxy) is 2. The number of quaternary nitrogens is 2. The van der Waals surface area contributed by atoms with Crippen LogP contribution in [0.3, 0.4) is 0 Å². The molecule has 9 nitrogen and oxygen atoms in total. The normalized spacial score (nSPS) is 13.8. The van der Waals surface area contributed by atoms with Crippen LogP contribution in [0, 0.1) is 0 Å². The molecule has 0 fully saturated rings. The van der Waals surface area contributed by atoms with E-state index in [1.807, 2.05) is 0 Å². The fourth-order valence-corrected chi connectivity index (χ4v) is 29.4. The van der Waals surface area contributed by atoms with Crippen molar-refractivity contribution < 1.29 is 40.4 Å². The number of unbranched alkanes of at least 4 members (excludes halogenated alkanes) is 2. The lowest BCUT2D eigenvalue weighted by Gasteiger charge is -2.38. The first-order chi connectivity index (χ1) is 22.4. The summed E-state index contributed by atoms with van der Waals surface area (Å²) in [6, 6.07) is 2.23. The minimum absolute atomic E-state index is 0.311. The minimum atomic E-state index is -2.34. The molecule has 0 aliphatic rings. The summed E-state index contributed by atoms with van der Waals surface area (Å²) in [7, 11) is -1.48. The first-order valence-corrected chi connectivity index (χ1v) is 33.5. The summed E-state index contributed by atoms with van der Waals surface area (Å²) in [5, 5.41) is 0. The smallest absolute Gasteiger partial charge is 0.333 e. The molecule has 0 atom stereocenters. The lowest BCUT2D eigenvalue weighted by atomic mass is 10.3. The molecule has 0 aliphatic heterocycles. The van der Waals surface area contributed by atoms with E-state index in [0.29, 0.717) is 24.4 Å². The fraction of sp³-hybridized carbons (Fsp3) is 0.778. The maximum absolute atomic E-state index is 11.7. The topological polar surface area (TPSA) is 80.3 Å². The maximum Gasteiger partial charge on any atom is 0.333 e. The van der Waals surface area contributed by atoms with Gasteiger partial charge < -0.3 is 30.8 Å². The predicted molar refractivity (Wildman–Crippen MR) is 223 cm³/mol. The lowest BCUT2D eigenvalue weighted by Crippen LogP contribution is -2.52. The number of rotatable bonds is 26. The Morgan fingerprint density at radius 2 is 0.880 bits per heavy atom. The molecular weight excluding hydrogens is 713 g/mol. The van der Waals surface area contributed by atoms with Crippen molar-refractivity contribution in [3.8, 4) is 0 Å². The number of likely N-dealkylation sites (N-methyl/N-ethyl adjacent to an activating group) is 2. The van der Waals surface area contributed by atoms with E-state index in [2.05, 4.69) is 118 Å². The van der Waals surface area contributed by atoms with Gasteiger partial charge in [-0.15, -0.1) is 0 Å². The van der Waals surface area contributed by atoms with Gasteiger partial charge in [-0.3, -0.25) is 0 Å². The van der Waals surface area contributed by atoms with Crippen LogP contribution in [0.25, 0.3) is 0 Å². The molecule has 0 bridgehead atoms. The van der Waals surface area contributed by atoms with Crippen molar-refractivity contribution in [3.63, 3.8) is 0 Å². The Kier molecular flexibility index (Phi) is 20.1. The Bertz CT molecular complexity index is 1150. The molecule has 50 heavy (non-hydrogen) atoms. The van der Waals surface area contributed by atoms with E-state index in [1.54, 1.807) is 13.8 Å². The van der Waals surface area contributed by atoms with E-state index in [-0.39, 0.29) is 11.9 Å². The number of hydrogen-bond donors (Lipinski definition) is 0. The van der Waals surface area contributed by atoms with Crippen molar-refractivity contribution in [2.45, 2.75) is 117 Å². The van der Waals surface area contributed by atoms with Crippen LogP contribution in [-0.2, 0) is 31.4 Å². The van der Waals surface area contributed by atoms with E-state index in [9.17, 15) is 9.59 Å². The Morgan fingerprint density at radius 1 is 0.540 bits per heavy atom. The average molecular weight is 791 g/mol. The predicted octanol–water partition coefficient (Wildman–Crippen LogP) is 8.14. The molecular formula is C36H78N2O7Si5+2. The third kappa shape index (κ3) is 24.3. The molecule has 0 aliphatic carbocycles. The van der Waals surface area contributed by atoms with E-state index in [0.717, 1.165) is 72.9 Å². The molecule has 0 heterocycles. The molecule has 0 saturated carbocycles. The SMILES string of the molecule is C=C(C)C(=O)OCC[N+](C)(C)CCCC[Si](C)(C)O[Si](C)(C)/C=C/[Si](C)(C)O[Si](C)(C)O[Si](C)(C)CCCC[N+](C)(C)CCOC(=O)C(=C)C. The highest BCUT2D eigenvalue weighted by atomic mass is 28.5. The van der Waals surface area contributed by atoms with Gasteiger partial charge in [0.1, 0.15) is 26.3 Å². The van der Waals surface area contributed by atoms with Crippen molar-refractivity contribution in [1.29, 1.82) is 0 Å². The summed E-state index contributed by atoms with van der Waals surface area (Å²) < 4.78 is 33.0. The second-order valence-electron chi connectivity index (χ2n) is 18.3. The van der Waals surface area contributed by atoms with Gasteiger partial charge >= 0.3 is 20.5 Å². The first kappa shape index (κ1) is 49.0. The molecule has 292 valence electrons. The summed E-state index contributed by atoms with van der Waals surface area (Å²) in [5.74, 6) is -0.624. The molecule has 0 N–H and O–H groups in total. The summed E-state index contributed by atoms with van der Waals surface area (Å²) in [6.07, 6.45) is 4.50. The van der Waals surface area contributed by atoms with Crippen molar-refractivity contribution in [1.82, 2.24) is 0 Å². The van der Waals surface area contributed by atoms with Gasteiger partial charge in [0, 0.05) is 11.1 Å². The summed E-state index contributed by atoms with van der Waals surface area (Å²) in [4.78, 5) is 23.4. The molecule has 0 saturated heterocycles. The highest BCUT2D eigenvalue weighted by Crippen LogP contribution is 2.27. The first-order valence-electron chi connectivity index (χ1n) is 18.5. The molecule has 0 rings (SSSR count). The Morgan fingerprint density at radius 3 is 1.24 bits per heavy atom. The number of nitrogens with zero attached hydrogens (tertiary/aromatic N) is 2. The number of esters is 2. The maximum atomic E-state index is 11.7. The highest BCUT2D eigenvalue weighted by Gasteiger charge is 2.39. The molecule has 0 spiro atoms. The van der Waals surface area contributed by atoms with Gasteiger partial charge in [0.05, 0.1) is 41.3 Å². The average Bonchev–Trinajstić information content (AvgIpc) is 2.90. The second kappa shape index (κ2) is 20.5. The van der Waals surface area contributed by atoms with Crippen LogP contribution in [0.5, 0.6) is 0 Å². The Hall–Kier alpha value is -0.956. The Labute approximate surface area is 313 Å². The van der Waals surface area contributed by atoms with E-state index in [4.69, 9.17) is 21.8 Å². The van der Waals surface area contributed by atoms with Crippen molar-refractivity contribution in [2.75, 3.05) is 67.6 Å². The zero-order valence-electron chi connectivity index (χ0n) is 35.3. The lowest BCUT2D eigenvalue weighted by molar-refractivity contribution is -0.890. The Balaban J connectivity index is 4.85. The van der Waals surface area contributed by atoms with Crippen LogP contribution >= 0.6 is 0 Å². The van der Waals surface area contributed by atoms with Crippen LogP contribution in [0.2, 0.25) is 77.6 Å². The summed E-state index contributed by atoms with van der Waals surface area (Å²) >= 11 is 0. The largest absolute Gasteiger partial charge is 0.456 e. The number of carbonyl (C=O) groups excluding carboxylic acids is 2. The molecule has 0 aromatic rings. The zero-order valence-corrected chi connectivity index (χ0v) is 40.3. The van der Waals surface area contributed by atoms with Gasteiger partial charge in [0.25, 0.3) is 0 Å². The molecule has 0 unspecified atom stereocenters. The zero-order chi connectivity index (χ0) is 39.2. The van der Waals surface area contributed by atoms with Gasteiger partial charge in [-0.2, -0.15) is 0 Å². The third-order valence-corrected chi connectivity index (χ3v) is 26.5. The molecule has 0 aromatic carbocycles. The molecule has 0 radical (unpaired) electrons. The standard InChI is InChI=1S/C36H78N2O7Si5/c1-33(2)35(39)41-27-25-37(5,6)23-19-21-29-46(9,10)43-48(13,14)31-32-49(15,16)45-50(17,18)44-47(11,12)30-22-20-24-38(7,8)26-28-42-36(40)34(3)4/h31-32H,1,3,19-30H2,2,4-18H3/q+2/b32-31+. The van der Waals surface area contributed by atoms with Gasteiger partial charge in [-0.1, -0.05) is 24.6 Å². The highest BCUT2D eigenvalue weighted by molar-refractivity contribution is 6.91. The van der Waals surface area contributed by atoms with Crippen LogP contribution < -0.4 is 0 Å². The number of hydrogen-bond acceptors (Lipinski definition) is 7. The van der Waals surface area contributed by atoms with Gasteiger partial charge in [0.15, 0.2) is 33.3 Å². The van der Waals surface area contributed by atoms with Crippen LogP contribution in [0.4, 0.5) is 0 Å². The van der Waals surface area contributed by atoms with E-state index < -0.39 is 41.8 Å². The van der Waals surface area contributed by atoms with Gasteiger partial charge in [-0.05, 0) is 117 Å². The molecule has 0 aromatic heterocycles. The molecule has 14 heteroatoms. The van der Waals surface area contributed by atoms with Crippen molar-refractivity contribution in [3.05, 3.63) is 35.7 Å². The summed E-state index contributed by atoms with van der Waals surface area (Å²) in [6.45, 7) is 38.1. The quantitative estimate of drug-likeness (QED) is 0.0288. The minimum Gasteiger partial charge on any atom is -0.456 e. The van der Waals surface area contributed by atoms with Crippen molar-refractivity contribution >= 4 is 53.8 Å². The van der Waals surface area contributed by atoms with Crippen LogP contribution in [0.15, 0.2) is 35.7 Å². The van der Waals surface area contributed by atoms with Gasteiger partial charge in [-0.25, -0.2) is 9.59 Å². The van der Waals surface area contributed by atoms with E-state index >= 15 is 0 Å². The van der Waals surface area contributed by atoms with Crippen LogP contribution in [-0.4, -0.2) is 130 Å². The third-order valence-electron chi connectivity index (χ3n) is 8.60. The van der Waals surface area contributed by atoms with Crippen molar-refractivity contribution in [2.24, 2.45) is 0 Å². The van der Waals surface area contributed by atoms with Gasteiger partial charge in [0.2, 0.25) is 0 Å². The fourth-order valence-electron chi connectivity index (χ4n) is 6.03.